The van der Waals surface area contributed by atoms with E-state index in [-0.39, 0.29) is 23.1 Å². The molecule has 28 heavy (non-hydrogen) atoms. The average Bonchev–Trinajstić information content (AvgIpc) is 2.95. The number of sulfonamides is 1. The summed E-state index contributed by atoms with van der Waals surface area (Å²) in [6, 6.07) is 12.4. The lowest BCUT2D eigenvalue weighted by molar-refractivity contribution is -0.121. The number of carbonyl (C=O) groups excluding carboxylic acids is 2. The zero-order chi connectivity index (χ0) is 20.3. The molecule has 1 saturated heterocycles. The highest BCUT2D eigenvalue weighted by Gasteiger charge is 2.39. The fraction of sp³-hybridized carbons (Fsp3) is 0.263. The van der Waals surface area contributed by atoms with Crippen LogP contribution in [-0.4, -0.2) is 39.9 Å². The van der Waals surface area contributed by atoms with E-state index in [1.54, 1.807) is 36.4 Å². The zero-order valence-corrected chi connectivity index (χ0v) is 16.1. The molecule has 9 heteroatoms. The van der Waals surface area contributed by atoms with E-state index in [4.69, 9.17) is 9.88 Å². The van der Waals surface area contributed by atoms with Crippen molar-refractivity contribution in [2.45, 2.75) is 23.8 Å². The number of primary sulfonamides is 1. The summed E-state index contributed by atoms with van der Waals surface area (Å²) < 4.78 is 27.7. The average molecular weight is 403 g/mol. The summed E-state index contributed by atoms with van der Waals surface area (Å²) in [5, 5.41) is 8.17. The number of ether oxygens (including phenoxy) is 1. The Hall–Kier alpha value is -2.75. The van der Waals surface area contributed by atoms with Crippen LogP contribution in [0.5, 0.6) is 5.75 Å². The van der Waals surface area contributed by atoms with Gasteiger partial charge in [0.1, 0.15) is 5.75 Å². The van der Waals surface area contributed by atoms with Crippen LogP contribution in [0.4, 0.5) is 5.69 Å². The first kappa shape index (κ1) is 20.0. The highest BCUT2D eigenvalue weighted by molar-refractivity contribution is 7.89. The van der Waals surface area contributed by atoms with Crippen LogP contribution in [0.1, 0.15) is 12.0 Å². The molecule has 2 amide bonds. The Kier molecular flexibility index (Phi) is 5.78. The highest BCUT2D eigenvalue weighted by atomic mass is 32.2. The molecule has 3 rings (SSSR count). The van der Waals surface area contributed by atoms with Crippen LogP contribution in [-0.2, 0) is 26.0 Å². The third kappa shape index (κ3) is 4.38. The standard InChI is InChI=1S/C19H21N3O5S/c1-27-15-4-2-3-14(11-15)22-18(23)12-17(19(22)24)21-10-9-13-5-7-16(8-6-13)28(20,25)26/h2-8,11,17,21H,9-10,12H2,1H3,(H2,20,25,26). The fourth-order valence-corrected chi connectivity index (χ4v) is 3.56. The Morgan fingerprint density at radius 1 is 1.18 bits per heavy atom. The summed E-state index contributed by atoms with van der Waals surface area (Å²) >= 11 is 0. The van der Waals surface area contributed by atoms with Gasteiger partial charge in [-0.05, 0) is 42.8 Å². The molecule has 1 unspecified atom stereocenters. The molecular weight excluding hydrogens is 382 g/mol. The Morgan fingerprint density at radius 3 is 2.54 bits per heavy atom. The van der Waals surface area contributed by atoms with Crippen molar-refractivity contribution < 1.29 is 22.7 Å². The van der Waals surface area contributed by atoms with Gasteiger partial charge in [-0.25, -0.2) is 18.5 Å². The normalized spacial score (nSPS) is 17.2. The monoisotopic (exact) mass is 403 g/mol. The van der Waals surface area contributed by atoms with Crippen molar-refractivity contribution in [3.05, 3.63) is 54.1 Å². The second-order valence-electron chi connectivity index (χ2n) is 6.42. The molecule has 2 aromatic carbocycles. The van der Waals surface area contributed by atoms with E-state index in [9.17, 15) is 18.0 Å². The molecule has 0 saturated carbocycles. The van der Waals surface area contributed by atoms with E-state index in [1.165, 1.54) is 24.1 Å². The van der Waals surface area contributed by atoms with Gasteiger partial charge in [-0.2, -0.15) is 0 Å². The summed E-state index contributed by atoms with van der Waals surface area (Å²) in [6.45, 7) is 0.463. The van der Waals surface area contributed by atoms with Crippen molar-refractivity contribution in [1.82, 2.24) is 5.32 Å². The van der Waals surface area contributed by atoms with E-state index in [1.807, 2.05) is 0 Å². The van der Waals surface area contributed by atoms with Crippen LogP contribution in [0.2, 0.25) is 0 Å². The topological polar surface area (TPSA) is 119 Å². The number of nitrogens with two attached hydrogens (primary N) is 1. The van der Waals surface area contributed by atoms with Gasteiger partial charge >= 0.3 is 0 Å². The summed E-state index contributed by atoms with van der Waals surface area (Å²) in [6.07, 6.45) is 0.655. The van der Waals surface area contributed by atoms with Gasteiger partial charge in [-0.15, -0.1) is 0 Å². The number of hydrogen-bond acceptors (Lipinski definition) is 6. The smallest absolute Gasteiger partial charge is 0.251 e. The number of nitrogens with zero attached hydrogens (tertiary/aromatic N) is 1. The Morgan fingerprint density at radius 2 is 1.89 bits per heavy atom. The number of carbonyl (C=O) groups is 2. The molecule has 1 heterocycles. The van der Waals surface area contributed by atoms with Crippen molar-refractivity contribution in [2.24, 2.45) is 5.14 Å². The number of benzene rings is 2. The first-order valence-electron chi connectivity index (χ1n) is 8.65. The van der Waals surface area contributed by atoms with Gasteiger partial charge in [-0.1, -0.05) is 18.2 Å². The number of nitrogens with one attached hydrogen (secondary N) is 1. The number of amides is 2. The molecule has 0 aliphatic carbocycles. The number of imide groups is 1. The number of anilines is 1. The van der Waals surface area contributed by atoms with Gasteiger partial charge in [-0.3, -0.25) is 9.59 Å². The van der Waals surface area contributed by atoms with Crippen molar-refractivity contribution >= 4 is 27.5 Å². The molecule has 8 nitrogen and oxygen atoms in total. The summed E-state index contributed by atoms with van der Waals surface area (Å²) in [5.41, 5.74) is 1.37. The van der Waals surface area contributed by atoms with Gasteiger partial charge in [0.05, 0.1) is 30.2 Å². The van der Waals surface area contributed by atoms with Crippen LogP contribution < -0.4 is 20.1 Å². The maximum absolute atomic E-state index is 12.6. The Bertz CT molecular complexity index is 989. The van der Waals surface area contributed by atoms with E-state index < -0.39 is 16.1 Å². The predicted molar refractivity (Wildman–Crippen MR) is 103 cm³/mol. The minimum Gasteiger partial charge on any atom is -0.497 e. The SMILES string of the molecule is COc1cccc(N2C(=O)CC(NCCc3ccc(S(N)(=O)=O)cc3)C2=O)c1. The molecule has 3 N–H and O–H groups in total. The van der Waals surface area contributed by atoms with E-state index in [0.29, 0.717) is 24.4 Å². The Balaban J connectivity index is 1.60. The van der Waals surface area contributed by atoms with Crippen molar-refractivity contribution in [1.29, 1.82) is 0 Å². The molecule has 148 valence electrons. The van der Waals surface area contributed by atoms with Crippen LogP contribution in [0, 0.1) is 0 Å². The quantitative estimate of drug-likeness (QED) is 0.661. The third-order valence-electron chi connectivity index (χ3n) is 4.51. The zero-order valence-electron chi connectivity index (χ0n) is 15.3. The van der Waals surface area contributed by atoms with Crippen molar-refractivity contribution in [2.75, 3.05) is 18.6 Å². The lowest BCUT2D eigenvalue weighted by Gasteiger charge is -2.16. The van der Waals surface area contributed by atoms with Crippen LogP contribution in [0.25, 0.3) is 0 Å². The maximum Gasteiger partial charge on any atom is 0.251 e. The van der Waals surface area contributed by atoms with Crippen LogP contribution in [0.15, 0.2) is 53.4 Å². The van der Waals surface area contributed by atoms with Gasteiger partial charge in [0, 0.05) is 6.07 Å². The lowest BCUT2D eigenvalue weighted by atomic mass is 10.1. The number of hydrogen-bond donors (Lipinski definition) is 2. The molecule has 0 spiro atoms. The van der Waals surface area contributed by atoms with Gasteiger partial charge in [0.15, 0.2) is 0 Å². The van der Waals surface area contributed by atoms with Crippen molar-refractivity contribution in [3.8, 4) is 5.75 Å². The molecular formula is C19H21N3O5S. The summed E-state index contributed by atoms with van der Waals surface area (Å²) in [4.78, 5) is 26.2. The molecule has 1 fully saturated rings. The minimum absolute atomic E-state index is 0.0507. The van der Waals surface area contributed by atoms with E-state index in [2.05, 4.69) is 5.32 Å². The maximum atomic E-state index is 12.6. The largest absolute Gasteiger partial charge is 0.497 e. The van der Waals surface area contributed by atoms with E-state index in [0.717, 1.165) is 5.56 Å². The highest BCUT2D eigenvalue weighted by Crippen LogP contribution is 2.26. The predicted octanol–water partition coefficient (Wildman–Crippen LogP) is 0.807. The van der Waals surface area contributed by atoms with Gasteiger partial charge in [0.2, 0.25) is 15.9 Å². The molecule has 2 aromatic rings. The van der Waals surface area contributed by atoms with E-state index >= 15 is 0 Å². The molecule has 0 radical (unpaired) electrons. The minimum atomic E-state index is -3.72. The van der Waals surface area contributed by atoms with Crippen LogP contribution >= 0.6 is 0 Å². The summed E-state index contributed by atoms with van der Waals surface area (Å²) in [7, 11) is -2.20. The molecule has 1 atom stereocenters. The first-order valence-corrected chi connectivity index (χ1v) is 10.2. The lowest BCUT2D eigenvalue weighted by Crippen LogP contribution is -2.39. The third-order valence-corrected chi connectivity index (χ3v) is 5.44. The second-order valence-corrected chi connectivity index (χ2v) is 7.98. The fourth-order valence-electron chi connectivity index (χ4n) is 3.05. The number of methoxy groups -OCH3 is 1. The molecule has 0 aromatic heterocycles. The van der Waals surface area contributed by atoms with Gasteiger partial charge < -0.3 is 10.1 Å². The van der Waals surface area contributed by atoms with Crippen LogP contribution in [0.3, 0.4) is 0 Å². The second kappa shape index (κ2) is 8.09. The summed E-state index contributed by atoms with van der Waals surface area (Å²) in [5.74, 6) is -0.00599. The Labute approximate surface area is 163 Å². The first-order chi connectivity index (χ1) is 13.3. The molecule has 0 bridgehead atoms. The van der Waals surface area contributed by atoms with Gasteiger partial charge in [0.25, 0.3) is 5.91 Å². The molecule has 1 aliphatic heterocycles. The van der Waals surface area contributed by atoms with Crippen molar-refractivity contribution in [3.63, 3.8) is 0 Å². The number of rotatable bonds is 7. The molecule has 1 aliphatic rings.